The van der Waals surface area contributed by atoms with Crippen LogP contribution in [0.15, 0.2) is 48.6 Å². The first-order valence-electron chi connectivity index (χ1n) is 16.7. The molecule has 0 amide bonds. The molecule has 3 atom stereocenters. The molecular formula is C34H58NO10P. The Kier molecular flexibility index (Phi) is 28.2. The molecule has 0 aliphatic carbocycles. The van der Waals surface area contributed by atoms with Crippen LogP contribution in [0.2, 0.25) is 0 Å². The normalized spacial score (nSPS) is 14.7. The highest BCUT2D eigenvalue weighted by Crippen LogP contribution is 2.43. The minimum absolute atomic E-state index is 0.149. The Morgan fingerprint density at radius 3 is 1.83 bits per heavy atom. The highest BCUT2D eigenvalue weighted by Gasteiger charge is 2.28. The lowest BCUT2D eigenvalue weighted by atomic mass is 10.1. The third kappa shape index (κ3) is 28.9. The van der Waals surface area contributed by atoms with E-state index in [1.165, 1.54) is 6.42 Å². The maximum atomic E-state index is 12.4. The fourth-order valence-electron chi connectivity index (χ4n) is 3.93. The van der Waals surface area contributed by atoms with Crippen LogP contribution in [0.1, 0.15) is 117 Å². The third-order valence-electron chi connectivity index (χ3n) is 6.59. The molecule has 0 aromatic rings. The van der Waals surface area contributed by atoms with Crippen LogP contribution in [0.3, 0.4) is 0 Å². The smallest absolute Gasteiger partial charge is 0.472 e. The van der Waals surface area contributed by atoms with Gasteiger partial charge in [-0.1, -0.05) is 101 Å². The predicted octanol–water partition coefficient (Wildman–Crippen LogP) is 7.49. The number of carbonyl (C=O) groups excluding carboxylic acids is 2. The Balaban J connectivity index is 4.53. The highest BCUT2D eigenvalue weighted by molar-refractivity contribution is 7.47. The van der Waals surface area contributed by atoms with Gasteiger partial charge in [-0.25, -0.2) is 4.57 Å². The van der Waals surface area contributed by atoms with Gasteiger partial charge >= 0.3 is 25.7 Å². The molecule has 0 aromatic carbocycles. The number of esters is 2. The maximum Gasteiger partial charge on any atom is 0.472 e. The summed E-state index contributed by atoms with van der Waals surface area (Å²) in [5.74, 6) is -2.45. The number of carboxylic acid groups (broad SMARTS) is 1. The summed E-state index contributed by atoms with van der Waals surface area (Å²) >= 11 is 0. The Labute approximate surface area is 275 Å². The van der Waals surface area contributed by atoms with Crippen molar-refractivity contribution in [3.8, 4) is 0 Å². The quantitative estimate of drug-likeness (QED) is 0.0299. The van der Waals surface area contributed by atoms with Crippen molar-refractivity contribution in [2.24, 2.45) is 5.73 Å². The number of carboxylic acids is 1. The highest BCUT2D eigenvalue weighted by atomic mass is 31.2. The molecule has 0 heterocycles. The van der Waals surface area contributed by atoms with Gasteiger partial charge in [-0.05, 0) is 51.4 Å². The summed E-state index contributed by atoms with van der Waals surface area (Å²) in [6, 6.07) is -1.52. The standard InChI is InChI=1S/C34H58NO10P/c1-3-5-7-9-11-12-13-14-15-16-17-18-20-21-23-25-32(36)42-27-30(28-43-46(40,41)44-29-31(35)34(38)39)45-33(37)26-24-22-19-10-8-6-4-2/h5,7,11-12,14-15,17-18,30-31H,3-4,6,8-10,13,16,19-29,35H2,1-2H3,(H,38,39)(H,40,41)/b7-5+,12-11+,15-14+,18-17+/t30-,31+/m0/s1. The van der Waals surface area contributed by atoms with Gasteiger partial charge in [0.1, 0.15) is 12.6 Å². The van der Waals surface area contributed by atoms with Crippen molar-refractivity contribution in [2.45, 2.75) is 129 Å². The van der Waals surface area contributed by atoms with Crippen LogP contribution in [0, 0.1) is 0 Å². The molecule has 46 heavy (non-hydrogen) atoms. The van der Waals surface area contributed by atoms with Crippen molar-refractivity contribution in [2.75, 3.05) is 19.8 Å². The zero-order valence-electron chi connectivity index (χ0n) is 27.9. The number of rotatable bonds is 30. The van der Waals surface area contributed by atoms with E-state index in [2.05, 4.69) is 67.0 Å². The topological polar surface area (TPSA) is 172 Å². The van der Waals surface area contributed by atoms with Gasteiger partial charge in [-0.3, -0.25) is 23.4 Å². The molecule has 0 aliphatic heterocycles. The van der Waals surface area contributed by atoms with Crippen molar-refractivity contribution in [1.29, 1.82) is 0 Å². The van der Waals surface area contributed by atoms with Crippen LogP contribution >= 0.6 is 7.82 Å². The molecule has 0 radical (unpaired) electrons. The lowest BCUT2D eigenvalue weighted by molar-refractivity contribution is -0.161. The molecule has 0 bridgehead atoms. The summed E-state index contributed by atoms with van der Waals surface area (Å²) in [5.41, 5.74) is 5.28. The van der Waals surface area contributed by atoms with Crippen LogP contribution in [0.4, 0.5) is 0 Å². The molecule has 0 aliphatic rings. The third-order valence-corrected chi connectivity index (χ3v) is 7.54. The molecule has 0 fully saturated rings. The van der Waals surface area contributed by atoms with Crippen LogP contribution < -0.4 is 5.73 Å². The van der Waals surface area contributed by atoms with Gasteiger partial charge in [0, 0.05) is 12.8 Å². The number of ether oxygens (including phenoxy) is 2. The first-order chi connectivity index (χ1) is 22.1. The number of phosphoric ester groups is 1. The average molecular weight is 672 g/mol. The van der Waals surface area contributed by atoms with Crippen molar-refractivity contribution in [3.63, 3.8) is 0 Å². The number of phosphoric acid groups is 1. The largest absolute Gasteiger partial charge is 0.480 e. The number of unbranched alkanes of at least 4 members (excludes halogenated alkanes) is 8. The zero-order chi connectivity index (χ0) is 34.3. The summed E-state index contributed by atoms with van der Waals surface area (Å²) in [6.07, 6.45) is 29.4. The van der Waals surface area contributed by atoms with E-state index in [4.69, 9.17) is 24.8 Å². The van der Waals surface area contributed by atoms with Gasteiger partial charge < -0.3 is 25.2 Å². The fourth-order valence-corrected chi connectivity index (χ4v) is 4.71. The van der Waals surface area contributed by atoms with Crippen molar-refractivity contribution < 1.29 is 47.5 Å². The second-order valence-electron chi connectivity index (χ2n) is 10.9. The molecule has 4 N–H and O–H groups in total. The van der Waals surface area contributed by atoms with Gasteiger partial charge in [-0.2, -0.15) is 0 Å². The number of allylic oxidation sites excluding steroid dienone is 8. The number of aliphatic carboxylic acids is 1. The van der Waals surface area contributed by atoms with Crippen molar-refractivity contribution in [3.05, 3.63) is 48.6 Å². The van der Waals surface area contributed by atoms with E-state index < -0.39 is 51.1 Å². The summed E-state index contributed by atoms with van der Waals surface area (Å²) < 4.78 is 32.3. The van der Waals surface area contributed by atoms with Gasteiger partial charge in [0.15, 0.2) is 6.10 Å². The summed E-state index contributed by atoms with van der Waals surface area (Å²) in [7, 11) is -4.71. The van der Waals surface area contributed by atoms with Crippen LogP contribution in [-0.2, 0) is 37.5 Å². The fraction of sp³-hybridized carbons (Fsp3) is 0.676. The van der Waals surface area contributed by atoms with Gasteiger partial charge in [0.05, 0.1) is 13.2 Å². The summed E-state index contributed by atoms with van der Waals surface area (Å²) in [6.45, 7) is 2.54. The van der Waals surface area contributed by atoms with E-state index in [1.807, 2.05) is 0 Å². The van der Waals surface area contributed by atoms with E-state index in [-0.39, 0.29) is 19.4 Å². The molecule has 11 nitrogen and oxygen atoms in total. The molecule has 0 aromatic heterocycles. The van der Waals surface area contributed by atoms with E-state index in [0.29, 0.717) is 12.8 Å². The van der Waals surface area contributed by atoms with Gasteiger partial charge in [0.25, 0.3) is 0 Å². The second-order valence-corrected chi connectivity index (χ2v) is 12.4. The van der Waals surface area contributed by atoms with Crippen molar-refractivity contribution >= 4 is 25.7 Å². The van der Waals surface area contributed by atoms with E-state index in [1.54, 1.807) is 0 Å². The molecule has 0 rings (SSSR count). The van der Waals surface area contributed by atoms with Crippen LogP contribution in [-0.4, -0.2) is 59.9 Å². The lowest BCUT2D eigenvalue weighted by Crippen LogP contribution is -2.34. The van der Waals surface area contributed by atoms with Gasteiger partial charge in [0.2, 0.25) is 0 Å². The first kappa shape index (κ1) is 43.4. The Morgan fingerprint density at radius 2 is 1.22 bits per heavy atom. The monoisotopic (exact) mass is 671 g/mol. The lowest BCUT2D eigenvalue weighted by Gasteiger charge is -2.20. The molecule has 264 valence electrons. The minimum atomic E-state index is -4.71. The van der Waals surface area contributed by atoms with Crippen LogP contribution in [0.25, 0.3) is 0 Å². The molecule has 0 saturated carbocycles. The van der Waals surface area contributed by atoms with Crippen molar-refractivity contribution in [1.82, 2.24) is 0 Å². The number of carbonyl (C=O) groups is 3. The van der Waals surface area contributed by atoms with Gasteiger partial charge in [-0.15, -0.1) is 0 Å². The van der Waals surface area contributed by atoms with E-state index >= 15 is 0 Å². The zero-order valence-corrected chi connectivity index (χ0v) is 28.8. The number of hydrogen-bond acceptors (Lipinski definition) is 9. The molecule has 12 heteroatoms. The number of hydrogen-bond donors (Lipinski definition) is 3. The molecular weight excluding hydrogens is 613 g/mol. The molecule has 1 unspecified atom stereocenters. The summed E-state index contributed by atoms with van der Waals surface area (Å²) in [5, 5.41) is 8.81. The minimum Gasteiger partial charge on any atom is -0.480 e. The number of nitrogens with two attached hydrogens (primary N) is 1. The van der Waals surface area contributed by atoms with E-state index in [9.17, 15) is 23.8 Å². The Hall–Kier alpha value is -2.56. The first-order valence-corrected chi connectivity index (χ1v) is 18.2. The Morgan fingerprint density at radius 1 is 0.696 bits per heavy atom. The Bertz CT molecular complexity index is 979. The van der Waals surface area contributed by atoms with Crippen LogP contribution in [0.5, 0.6) is 0 Å². The average Bonchev–Trinajstić information content (AvgIpc) is 3.02. The molecule has 0 saturated heterocycles. The summed E-state index contributed by atoms with van der Waals surface area (Å²) in [4.78, 5) is 45.4. The maximum absolute atomic E-state index is 12.4. The van der Waals surface area contributed by atoms with E-state index in [0.717, 1.165) is 70.6 Å². The second kappa shape index (κ2) is 29.8. The SMILES string of the molecule is CC/C=C/C/C=C/C/C=C/C/C=C/CCCCC(=O)OC[C@@H](COP(=O)(O)OC[C@@H](N)C(=O)O)OC(=O)CCCCCCCCC. The predicted molar refractivity (Wildman–Crippen MR) is 180 cm³/mol. The molecule has 0 spiro atoms.